The molecule has 0 unspecified atom stereocenters. The Morgan fingerprint density at radius 3 is 2.44 bits per heavy atom. The first-order valence-electron chi connectivity index (χ1n) is 10.2. The number of aliphatic hydroxyl groups is 2. The van der Waals surface area contributed by atoms with Gasteiger partial charge in [-0.05, 0) is 32.0 Å². The van der Waals surface area contributed by atoms with Crippen LogP contribution in [0, 0.1) is 0 Å². The average molecular weight is 379 g/mol. The van der Waals surface area contributed by atoms with Crippen molar-refractivity contribution in [1.29, 1.82) is 0 Å². The van der Waals surface area contributed by atoms with Gasteiger partial charge in [0.05, 0.1) is 13.2 Å². The second-order valence-corrected chi connectivity index (χ2v) is 7.85. The SMILES string of the molecule is COc1ccc(CN2CC(O)C2)c(OC[C@H](O)CN2CCCCCCC2)c1. The summed E-state index contributed by atoms with van der Waals surface area (Å²) in [5.41, 5.74) is 1.06. The first-order valence-corrected chi connectivity index (χ1v) is 10.2. The minimum absolute atomic E-state index is 0.215. The predicted molar refractivity (Wildman–Crippen MR) is 105 cm³/mol. The molecule has 2 aliphatic heterocycles. The van der Waals surface area contributed by atoms with Gasteiger partial charge in [-0.3, -0.25) is 4.90 Å². The standard InChI is InChI=1S/C21H34N2O4/c1-26-20-8-7-17(12-23-13-18(24)14-23)21(11-20)27-16-19(25)15-22-9-5-3-2-4-6-10-22/h7-8,11,18-19,24-25H,2-6,9-10,12-16H2,1H3/t19-/m1/s1. The number of β-amino-alcohol motifs (C(OH)–C–C–N with tert-alkyl or cyclic N) is 2. The van der Waals surface area contributed by atoms with Crippen molar-refractivity contribution in [3.05, 3.63) is 23.8 Å². The Balaban J connectivity index is 1.53. The smallest absolute Gasteiger partial charge is 0.127 e. The molecule has 2 fully saturated rings. The zero-order valence-corrected chi connectivity index (χ0v) is 16.5. The van der Waals surface area contributed by atoms with Gasteiger partial charge in [0, 0.05) is 37.8 Å². The van der Waals surface area contributed by atoms with Gasteiger partial charge in [0.25, 0.3) is 0 Å². The summed E-state index contributed by atoms with van der Waals surface area (Å²) in [7, 11) is 1.64. The lowest BCUT2D eigenvalue weighted by atomic mass is 10.1. The molecule has 0 aromatic heterocycles. The minimum atomic E-state index is -0.505. The van der Waals surface area contributed by atoms with Crippen molar-refractivity contribution in [2.24, 2.45) is 0 Å². The van der Waals surface area contributed by atoms with E-state index in [9.17, 15) is 10.2 Å². The third-order valence-electron chi connectivity index (χ3n) is 5.46. The van der Waals surface area contributed by atoms with Crippen molar-refractivity contribution < 1.29 is 19.7 Å². The molecule has 27 heavy (non-hydrogen) atoms. The highest BCUT2D eigenvalue weighted by Crippen LogP contribution is 2.27. The second kappa shape index (κ2) is 10.3. The maximum absolute atomic E-state index is 10.5. The number of nitrogens with zero attached hydrogens (tertiary/aromatic N) is 2. The Kier molecular flexibility index (Phi) is 7.76. The number of methoxy groups -OCH3 is 1. The van der Waals surface area contributed by atoms with Crippen LogP contribution in [0.1, 0.15) is 37.7 Å². The van der Waals surface area contributed by atoms with Crippen LogP contribution in [0.25, 0.3) is 0 Å². The number of ether oxygens (including phenoxy) is 2. The third kappa shape index (κ3) is 6.35. The second-order valence-electron chi connectivity index (χ2n) is 7.85. The van der Waals surface area contributed by atoms with Gasteiger partial charge in [0.1, 0.15) is 24.2 Å². The number of benzene rings is 1. The lowest BCUT2D eigenvalue weighted by Gasteiger charge is -2.36. The summed E-state index contributed by atoms with van der Waals surface area (Å²) in [4.78, 5) is 4.54. The monoisotopic (exact) mass is 378 g/mol. The Hall–Kier alpha value is -1.34. The molecule has 1 aromatic carbocycles. The van der Waals surface area contributed by atoms with Crippen molar-refractivity contribution in [2.45, 2.75) is 50.9 Å². The van der Waals surface area contributed by atoms with Gasteiger partial charge in [-0.2, -0.15) is 0 Å². The van der Waals surface area contributed by atoms with Crippen LogP contribution >= 0.6 is 0 Å². The van der Waals surface area contributed by atoms with Gasteiger partial charge in [0.2, 0.25) is 0 Å². The lowest BCUT2D eigenvalue weighted by Crippen LogP contribution is -2.49. The number of aliphatic hydroxyl groups excluding tert-OH is 2. The van der Waals surface area contributed by atoms with Crippen molar-refractivity contribution in [3.8, 4) is 11.5 Å². The van der Waals surface area contributed by atoms with E-state index < -0.39 is 6.10 Å². The minimum Gasteiger partial charge on any atom is -0.497 e. The Morgan fingerprint density at radius 2 is 1.78 bits per heavy atom. The molecule has 6 heteroatoms. The molecule has 3 rings (SSSR count). The maximum Gasteiger partial charge on any atom is 0.127 e. The van der Waals surface area contributed by atoms with Gasteiger partial charge < -0.3 is 24.6 Å². The van der Waals surface area contributed by atoms with Crippen LogP contribution in [0.15, 0.2) is 18.2 Å². The van der Waals surface area contributed by atoms with Crippen LogP contribution in [0.4, 0.5) is 0 Å². The fraction of sp³-hybridized carbons (Fsp3) is 0.714. The molecule has 0 radical (unpaired) electrons. The quantitative estimate of drug-likeness (QED) is 0.720. The fourth-order valence-corrected chi connectivity index (χ4v) is 3.87. The summed E-state index contributed by atoms with van der Waals surface area (Å²) in [6.45, 7) is 5.21. The molecular weight excluding hydrogens is 344 g/mol. The van der Waals surface area contributed by atoms with E-state index in [0.29, 0.717) is 19.6 Å². The summed E-state index contributed by atoms with van der Waals surface area (Å²) < 4.78 is 11.3. The first-order chi connectivity index (χ1) is 13.1. The van der Waals surface area contributed by atoms with Crippen LogP contribution in [0.3, 0.4) is 0 Å². The van der Waals surface area contributed by atoms with Crippen molar-refractivity contribution in [3.63, 3.8) is 0 Å². The highest BCUT2D eigenvalue weighted by molar-refractivity contribution is 5.41. The molecule has 2 N–H and O–H groups in total. The lowest BCUT2D eigenvalue weighted by molar-refractivity contribution is -0.00358. The highest BCUT2D eigenvalue weighted by Gasteiger charge is 2.25. The third-order valence-corrected chi connectivity index (χ3v) is 5.46. The molecule has 2 aliphatic rings. The largest absolute Gasteiger partial charge is 0.497 e. The summed E-state index contributed by atoms with van der Waals surface area (Å²) in [5.74, 6) is 1.50. The molecule has 1 atom stereocenters. The summed E-state index contributed by atoms with van der Waals surface area (Å²) >= 11 is 0. The van der Waals surface area contributed by atoms with E-state index in [0.717, 1.165) is 36.7 Å². The molecule has 1 aromatic rings. The van der Waals surface area contributed by atoms with Gasteiger partial charge in [-0.15, -0.1) is 0 Å². The van der Waals surface area contributed by atoms with Crippen LogP contribution in [-0.4, -0.2) is 78.7 Å². The summed E-state index contributed by atoms with van der Waals surface area (Å²) in [5, 5.41) is 20.0. The van der Waals surface area contributed by atoms with Gasteiger partial charge in [-0.1, -0.05) is 25.3 Å². The number of rotatable bonds is 8. The van der Waals surface area contributed by atoms with Crippen molar-refractivity contribution in [2.75, 3.05) is 46.4 Å². The summed E-state index contributed by atoms with van der Waals surface area (Å²) in [6, 6.07) is 5.81. The van der Waals surface area contributed by atoms with E-state index in [1.807, 2.05) is 18.2 Å². The molecule has 2 saturated heterocycles. The van der Waals surface area contributed by atoms with Crippen LogP contribution < -0.4 is 9.47 Å². The zero-order chi connectivity index (χ0) is 19.1. The van der Waals surface area contributed by atoms with Crippen LogP contribution in [0.5, 0.6) is 11.5 Å². The molecule has 0 aliphatic carbocycles. The van der Waals surface area contributed by atoms with E-state index in [1.54, 1.807) is 7.11 Å². The molecule has 152 valence electrons. The molecule has 0 spiro atoms. The van der Waals surface area contributed by atoms with E-state index >= 15 is 0 Å². The maximum atomic E-state index is 10.5. The predicted octanol–water partition coefficient (Wildman–Crippen LogP) is 1.88. The number of hydrogen-bond acceptors (Lipinski definition) is 6. The Morgan fingerprint density at radius 1 is 1.07 bits per heavy atom. The highest BCUT2D eigenvalue weighted by atomic mass is 16.5. The molecule has 0 amide bonds. The first kappa shape index (κ1) is 20.4. The van der Waals surface area contributed by atoms with Crippen LogP contribution in [0.2, 0.25) is 0 Å². The molecule has 0 saturated carbocycles. The molecular formula is C21H34N2O4. The van der Waals surface area contributed by atoms with E-state index in [4.69, 9.17) is 9.47 Å². The molecule has 2 heterocycles. The van der Waals surface area contributed by atoms with Crippen LogP contribution in [-0.2, 0) is 6.54 Å². The number of hydrogen-bond donors (Lipinski definition) is 2. The van der Waals surface area contributed by atoms with E-state index in [-0.39, 0.29) is 12.7 Å². The normalized spacial score (nSPS) is 21.1. The van der Waals surface area contributed by atoms with E-state index in [2.05, 4.69) is 9.80 Å². The Labute approximate surface area is 162 Å². The Bertz CT molecular complexity index is 569. The van der Waals surface area contributed by atoms with Crippen molar-refractivity contribution >= 4 is 0 Å². The number of likely N-dealkylation sites (tertiary alicyclic amines) is 2. The van der Waals surface area contributed by atoms with Gasteiger partial charge in [-0.25, -0.2) is 0 Å². The van der Waals surface area contributed by atoms with Crippen molar-refractivity contribution in [1.82, 2.24) is 9.80 Å². The van der Waals surface area contributed by atoms with Gasteiger partial charge in [0.15, 0.2) is 0 Å². The fourth-order valence-electron chi connectivity index (χ4n) is 3.87. The van der Waals surface area contributed by atoms with Gasteiger partial charge >= 0.3 is 0 Å². The molecule has 0 bridgehead atoms. The average Bonchev–Trinajstić information content (AvgIpc) is 2.61. The topological polar surface area (TPSA) is 65.4 Å². The van der Waals surface area contributed by atoms with E-state index in [1.165, 1.54) is 32.1 Å². The zero-order valence-electron chi connectivity index (χ0n) is 16.5. The summed E-state index contributed by atoms with van der Waals surface area (Å²) in [6.07, 6.45) is 5.64. The molecule has 6 nitrogen and oxygen atoms in total.